The third-order valence-corrected chi connectivity index (χ3v) is 5.73. The van der Waals surface area contributed by atoms with Crippen LogP contribution in [0.25, 0.3) is 0 Å². The van der Waals surface area contributed by atoms with Crippen LogP contribution in [-0.2, 0) is 10.2 Å². The number of rotatable bonds is 2. The van der Waals surface area contributed by atoms with Gasteiger partial charge < -0.3 is 5.32 Å². The van der Waals surface area contributed by atoms with Crippen LogP contribution in [0.1, 0.15) is 26.2 Å². The van der Waals surface area contributed by atoms with Gasteiger partial charge in [0.1, 0.15) is 0 Å². The molecule has 0 saturated carbocycles. The summed E-state index contributed by atoms with van der Waals surface area (Å²) in [5.41, 5.74) is 0. The third-order valence-electron chi connectivity index (χ3n) is 3.69. The first-order chi connectivity index (χ1) is 8.10. The molecule has 0 radical (unpaired) electrons. The first-order valence-electron chi connectivity index (χ1n) is 6.56. The maximum Gasteiger partial charge on any atom is 0.282 e. The predicted octanol–water partition coefficient (Wildman–Crippen LogP) is 0.258. The summed E-state index contributed by atoms with van der Waals surface area (Å²) >= 11 is 0. The van der Waals surface area contributed by atoms with Crippen molar-refractivity contribution in [3.63, 3.8) is 0 Å². The Morgan fingerprint density at radius 2 is 1.65 bits per heavy atom. The predicted molar refractivity (Wildman–Crippen MR) is 68.0 cm³/mol. The Kier molecular flexibility index (Phi) is 4.41. The summed E-state index contributed by atoms with van der Waals surface area (Å²) in [6.45, 7) is 6.52. The van der Waals surface area contributed by atoms with Crippen molar-refractivity contribution in [3.8, 4) is 0 Å². The molecule has 0 aromatic rings. The van der Waals surface area contributed by atoms with Gasteiger partial charge in [0.2, 0.25) is 0 Å². The molecule has 5 nitrogen and oxygen atoms in total. The Labute approximate surface area is 104 Å². The highest BCUT2D eigenvalue weighted by molar-refractivity contribution is 7.86. The van der Waals surface area contributed by atoms with Gasteiger partial charge in [-0.1, -0.05) is 6.92 Å². The lowest BCUT2D eigenvalue weighted by atomic mass is 10.0. The molecule has 0 bridgehead atoms. The van der Waals surface area contributed by atoms with Gasteiger partial charge in [-0.25, -0.2) is 0 Å². The van der Waals surface area contributed by atoms with Crippen LogP contribution < -0.4 is 5.32 Å². The first-order valence-corrected chi connectivity index (χ1v) is 7.96. The van der Waals surface area contributed by atoms with Gasteiger partial charge in [-0.05, 0) is 31.7 Å². The number of hydrogen-bond acceptors (Lipinski definition) is 3. The zero-order valence-electron chi connectivity index (χ0n) is 10.6. The van der Waals surface area contributed by atoms with E-state index >= 15 is 0 Å². The Hall–Kier alpha value is -0.170. The largest absolute Gasteiger partial charge is 0.315 e. The first kappa shape index (κ1) is 13.3. The average Bonchev–Trinajstić information content (AvgIpc) is 2.58. The van der Waals surface area contributed by atoms with Crippen molar-refractivity contribution < 1.29 is 8.42 Å². The van der Waals surface area contributed by atoms with E-state index in [1.54, 1.807) is 8.61 Å². The van der Waals surface area contributed by atoms with E-state index in [0.717, 1.165) is 32.4 Å². The van der Waals surface area contributed by atoms with Crippen molar-refractivity contribution in [2.24, 2.45) is 5.92 Å². The van der Waals surface area contributed by atoms with E-state index in [1.165, 1.54) is 0 Å². The Balaban J connectivity index is 2.01. The van der Waals surface area contributed by atoms with Crippen molar-refractivity contribution in [3.05, 3.63) is 0 Å². The van der Waals surface area contributed by atoms with E-state index < -0.39 is 10.2 Å². The molecule has 2 aliphatic heterocycles. The molecule has 2 aliphatic rings. The standard InChI is InChI=1S/C11H23N3O2S/c1-11-3-8-14(9-4-11)17(15,16)13-7-2-5-12-6-10-13/h11-12H,2-10H2,1H3. The average molecular weight is 261 g/mol. The van der Waals surface area contributed by atoms with Crippen molar-refractivity contribution in [1.82, 2.24) is 13.9 Å². The number of hydrogen-bond donors (Lipinski definition) is 1. The molecule has 0 aromatic heterocycles. The van der Waals surface area contributed by atoms with Crippen LogP contribution in [0.5, 0.6) is 0 Å². The lowest BCUT2D eigenvalue weighted by Crippen LogP contribution is -2.47. The molecular weight excluding hydrogens is 238 g/mol. The molecule has 0 aromatic carbocycles. The fourth-order valence-electron chi connectivity index (χ4n) is 2.43. The maximum absolute atomic E-state index is 12.4. The summed E-state index contributed by atoms with van der Waals surface area (Å²) in [5.74, 6) is 0.659. The maximum atomic E-state index is 12.4. The Bertz CT molecular complexity index is 329. The van der Waals surface area contributed by atoms with Crippen LogP contribution in [0.4, 0.5) is 0 Å². The fourth-order valence-corrected chi connectivity index (χ4v) is 4.11. The smallest absolute Gasteiger partial charge is 0.282 e. The molecule has 0 amide bonds. The van der Waals surface area contributed by atoms with Gasteiger partial charge in [0.25, 0.3) is 10.2 Å². The Morgan fingerprint density at radius 3 is 2.35 bits per heavy atom. The molecule has 6 heteroatoms. The molecule has 2 rings (SSSR count). The van der Waals surface area contributed by atoms with Gasteiger partial charge in [0.05, 0.1) is 0 Å². The molecule has 2 saturated heterocycles. The highest BCUT2D eigenvalue weighted by atomic mass is 32.2. The minimum atomic E-state index is -3.21. The van der Waals surface area contributed by atoms with Crippen molar-refractivity contribution in [2.75, 3.05) is 39.3 Å². The second kappa shape index (κ2) is 5.65. The Morgan fingerprint density at radius 1 is 1.00 bits per heavy atom. The zero-order chi connectivity index (χ0) is 12.3. The molecule has 2 fully saturated rings. The summed E-state index contributed by atoms with van der Waals surface area (Å²) in [6, 6.07) is 0. The minimum Gasteiger partial charge on any atom is -0.315 e. The van der Waals surface area contributed by atoms with Crippen LogP contribution in [-0.4, -0.2) is 56.3 Å². The highest BCUT2D eigenvalue weighted by Crippen LogP contribution is 2.20. The summed E-state index contributed by atoms with van der Waals surface area (Å²) in [6.07, 6.45) is 2.89. The summed E-state index contributed by atoms with van der Waals surface area (Å²) in [7, 11) is -3.21. The summed E-state index contributed by atoms with van der Waals surface area (Å²) in [5, 5.41) is 3.23. The van der Waals surface area contributed by atoms with E-state index in [1.807, 2.05) is 0 Å². The van der Waals surface area contributed by atoms with Gasteiger partial charge >= 0.3 is 0 Å². The van der Waals surface area contributed by atoms with E-state index in [-0.39, 0.29) is 0 Å². The molecule has 0 aliphatic carbocycles. The van der Waals surface area contributed by atoms with Gasteiger partial charge in [-0.15, -0.1) is 0 Å². The lowest BCUT2D eigenvalue weighted by molar-refractivity contribution is 0.266. The lowest BCUT2D eigenvalue weighted by Gasteiger charge is -2.33. The summed E-state index contributed by atoms with van der Waals surface area (Å²) < 4.78 is 28.2. The second-order valence-electron chi connectivity index (χ2n) is 5.09. The van der Waals surface area contributed by atoms with Crippen LogP contribution in [0.15, 0.2) is 0 Å². The zero-order valence-corrected chi connectivity index (χ0v) is 11.4. The van der Waals surface area contributed by atoms with Crippen molar-refractivity contribution in [1.29, 1.82) is 0 Å². The van der Waals surface area contributed by atoms with E-state index in [9.17, 15) is 8.42 Å². The van der Waals surface area contributed by atoms with E-state index in [2.05, 4.69) is 12.2 Å². The number of piperidine rings is 1. The molecule has 100 valence electrons. The van der Waals surface area contributed by atoms with E-state index in [4.69, 9.17) is 0 Å². The molecule has 2 heterocycles. The molecule has 0 unspecified atom stereocenters. The van der Waals surface area contributed by atoms with Gasteiger partial charge in [0.15, 0.2) is 0 Å². The normalized spacial score (nSPS) is 26.9. The quantitative estimate of drug-likeness (QED) is 0.776. The fraction of sp³-hybridized carbons (Fsp3) is 1.00. The number of nitrogens with zero attached hydrogens (tertiary/aromatic N) is 2. The van der Waals surface area contributed by atoms with Crippen LogP contribution in [0, 0.1) is 5.92 Å². The molecule has 17 heavy (non-hydrogen) atoms. The van der Waals surface area contributed by atoms with Gasteiger partial charge in [0, 0.05) is 32.7 Å². The topological polar surface area (TPSA) is 52.7 Å². The summed E-state index contributed by atoms with van der Waals surface area (Å²) in [4.78, 5) is 0. The van der Waals surface area contributed by atoms with Crippen molar-refractivity contribution in [2.45, 2.75) is 26.2 Å². The number of nitrogens with one attached hydrogen (secondary N) is 1. The molecular formula is C11H23N3O2S. The van der Waals surface area contributed by atoms with E-state index in [0.29, 0.717) is 32.1 Å². The van der Waals surface area contributed by atoms with Crippen LogP contribution in [0.3, 0.4) is 0 Å². The van der Waals surface area contributed by atoms with Gasteiger partial charge in [-0.2, -0.15) is 17.0 Å². The second-order valence-corrected chi connectivity index (χ2v) is 7.02. The molecule has 1 N–H and O–H groups in total. The third kappa shape index (κ3) is 3.19. The SMILES string of the molecule is CC1CCN(S(=O)(=O)N2CCCNCC2)CC1. The van der Waals surface area contributed by atoms with Crippen LogP contribution >= 0.6 is 0 Å². The highest BCUT2D eigenvalue weighted by Gasteiger charge is 2.31. The minimum absolute atomic E-state index is 0.606. The molecule has 0 atom stereocenters. The molecule has 0 spiro atoms. The van der Waals surface area contributed by atoms with Crippen LogP contribution in [0.2, 0.25) is 0 Å². The van der Waals surface area contributed by atoms with Gasteiger partial charge in [-0.3, -0.25) is 0 Å². The monoisotopic (exact) mass is 261 g/mol. The van der Waals surface area contributed by atoms with Crippen molar-refractivity contribution >= 4 is 10.2 Å².